The highest BCUT2D eigenvalue weighted by molar-refractivity contribution is 5.91. The van der Waals surface area contributed by atoms with E-state index >= 15 is 0 Å². The zero-order chi connectivity index (χ0) is 17.8. The fourth-order valence-electron chi connectivity index (χ4n) is 3.09. The molecule has 0 bridgehead atoms. The van der Waals surface area contributed by atoms with Crippen molar-refractivity contribution in [1.29, 1.82) is 0 Å². The molecule has 1 saturated heterocycles. The first-order valence-corrected chi connectivity index (χ1v) is 8.39. The summed E-state index contributed by atoms with van der Waals surface area (Å²) in [6.45, 7) is 4.99. The van der Waals surface area contributed by atoms with Crippen LogP contribution in [0.25, 0.3) is 0 Å². The van der Waals surface area contributed by atoms with E-state index < -0.39 is 0 Å². The van der Waals surface area contributed by atoms with Gasteiger partial charge in [-0.25, -0.2) is 4.39 Å². The Labute approximate surface area is 145 Å². The Morgan fingerprint density at radius 3 is 2.76 bits per heavy atom. The van der Waals surface area contributed by atoms with E-state index in [1.54, 1.807) is 17.9 Å². The summed E-state index contributed by atoms with van der Waals surface area (Å²) in [7, 11) is 0. The number of benzene rings is 1. The summed E-state index contributed by atoms with van der Waals surface area (Å²) in [6, 6.07) is 9.18. The summed E-state index contributed by atoms with van der Waals surface area (Å²) in [5.74, 6) is 0.0222. The number of aryl methyl sites for hydroxylation is 1. The van der Waals surface area contributed by atoms with Crippen LogP contribution in [0.4, 0.5) is 4.39 Å². The Morgan fingerprint density at radius 1 is 1.16 bits per heavy atom. The molecule has 0 saturated carbocycles. The molecule has 0 aliphatic carbocycles. The van der Waals surface area contributed by atoms with Crippen LogP contribution in [0.3, 0.4) is 0 Å². The van der Waals surface area contributed by atoms with E-state index in [-0.39, 0.29) is 22.9 Å². The van der Waals surface area contributed by atoms with Gasteiger partial charge in [0.15, 0.2) is 11.2 Å². The standard InChI is InChI=1S/C19H21FN2O3/c1-14-10-17(23)12-18(25-14)19(24)22-7-3-6-21(8-9-22)13-15-4-2-5-16(20)11-15/h2,4-5,10-12H,3,6-9,13H2,1H3. The highest BCUT2D eigenvalue weighted by atomic mass is 19.1. The van der Waals surface area contributed by atoms with Gasteiger partial charge in [-0.3, -0.25) is 14.5 Å². The molecular weight excluding hydrogens is 323 g/mol. The van der Waals surface area contributed by atoms with Gasteiger partial charge in [0.25, 0.3) is 5.91 Å². The van der Waals surface area contributed by atoms with Crippen LogP contribution >= 0.6 is 0 Å². The van der Waals surface area contributed by atoms with Crippen molar-refractivity contribution >= 4 is 5.91 Å². The Kier molecular flexibility index (Phi) is 5.28. The molecular formula is C19H21FN2O3. The van der Waals surface area contributed by atoms with E-state index in [1.807, 2.05) is 6.07 Å². The lowest BCUT2D eigenvalue weighted by Gasteiger charge is -2.21. The van der Waals surface area contributed by atoms with Crippen molar-refractivity contribution in [2.24, 2.45) is 0 Å². The number of carbonyl (C=O) groups is 1. The average Bonchev–Trinajstić information content (AvgIpc) is 2.79. The molecule has 1 fully saturated rings. The maximum atomic E-state index is 13.3. The SMILES string of the molecule is Cc1cc(=O)cc(C(=O)N2CCCN(Cc3cccc(F)c3)CC2)o1. The van der Waals surface area contributed by atoms with Gasteiger partial charge in [0.1, 0.15) is 11.6 Å². The fraction of sp³-hybridized carbons (Fsp3) is 0.368. The van der Waals surface area contributed by atoms with Crippen molar-refractivity contribution in [2.75, 3.05) is 26.2 Å². The van der Waals surface area contributed by atoms with Crippen molar-refractivity contribution in [3.05, 3.63) is 69.5 Å². The molecule has 1 aliphatic rings. The van der Waals surface area contributed by atoms with Gasteiger partial charge in [-0.1, -0.05) is 12.1 Å². The van der Waals surface area contributed by atoms with Crippen molar-refractivity contribution in [2.45, 2.75) is 19.9 Å². The molecule has 2 heterocycles. The Hall–Kier alpha value is -2.47. The first-order chi connectivity index (χ1) is 12.0. The Morgan fingerprint density at radius 2 is 2.00 bits per heavy atom. The highest BCUT2D eigenvalue weighted by Crippen LogP contribution is 2.13. The lowest BCUT2D eigenvalue weighted by Crippen LogP contribution is -2.35. The normalized spacial score (nSPS) is 15.8. The van der Waals surface area contributed by atoms with Crippen molar-refractivity contribution in [3.63, 3.8) is 0 Å². The largest absolute Gasteiger partial charge is 0.456 e. The second-order valence-corrected chi connectivity index (χ2v) is 6.32. The summed E-state index contributed by atoms with van der Waals surface area (Å²) < 4.78 is 18.7. The molecule has 1 aromatic carbocycles. The number of halogens is 1. The van der Waals surface area contributed by atoms with Crippen LogP contribution in [0.5, 0.6) is 0 Å². The molecule has 0 atom stereocenters. The number of hydrogen-bond acceptors (Lipinski definition) is 4. The van der Waals surface area contributed by atoms with E-state index in [0.29, 0.717) is 31.9 Å². The number of nitrogens with zero attached hydrogens (tertiary/aromatic N) is 2. The van der Waals surface area contributed by atoms with Crippen LogP contribution in [0, 0.1) is 12.7 Å². The van der Waals surface area contributed by atoms with Gasteiger partial charge in [-0.2, -0.15) is 0 Å². The van der Waals surface area contributed by atoms with Crippen LogP contribution in [-0.2, 0) is 6.54 Å². The lowest BCUT2D eigenvalue weighted by atomic mass is 10.2. The summed E-state index contributed by atoms with van der Waals surface area (Å²) >= 11 is 0. The Bertz CT molecular complexity index is 818. The van der Waals surface area contributed by atoms with E-state index in [9.17, 15) is 14.0 Å². The molecule has 0 N–H and O–H groups in total. The van der Waals surface area contributed by atoms with Crippen LogP contribution in [0.2, 0.25) is 0 Å². The third-order valence-corrected chi connectivity index (χ3v) is 4.27. The molecule has 1 aliphatic heterocycles. The minimum Gasteiger partial charge on any atom is -0.456 e. The highest BCUT2D eigenvalue weighted by Gasteiger charge is 2.22. The lowest BCUT2D eigenvalue weighted by molar-refractivity contribution is 0.0724. The third kappa shape index (κ3) is 4.54. The number of carbonyl (C=O) groups excluding carboxylic acids is 1. The van der Waals surface area contributed by atoms with E-state index in [1.165, 1.54) is 24.3 Å². The van der Waals surface area contributed by atoms with E-state index in [0.717, 1.165) is 18.5 Å². The first kappa shape index (κ1) is 17.4. The van der Waals surface area contributed by atoms with Gasteiger partial charge in [0.2, 0.25) is 0 Å². The van der Waals surface area contributed by atoms with Crippen molar-refractivity contribution in [3.8, 4) is 0 Å². The summed E-state index contributed by atoms with van der Waals surface area (Å²) in [4.78, 5) is 28.1. The predicted molar refractivity (Wildman–Crippen MR) is 91.9 cm³/mol. The monoisotopic (exact) mass is 344 g/mol. The zero-order valence-corrected chi connectivity index (χ0v) is 14.2. The second kappa shape index (κ2) is 7.61. The van der Waals surface area contributed by atoms with Crippen LogP contribution in [-0.4, -0.2) is 41.9 Å². The molecule has 0 spiro atoms. The van der Waals surface area contributed by atoms with Gasteiger partial charge in [0.05, 0.1) is 0 Å². The molecule has 132 valence electrons. The molecule has 3 rings (SSSR count). The van der Waals surface area contributed by atoms with Gasteiger partial charge in [-0.05, 0) is 31.0 Å². The summed E-state index contributed by atoms with van der Waals surface area (Å²) in [6.07, 6.45) is 0.817. The molecule has 0 unspecified atom stereocenters. The maximum Gasteiger partial charge on any atom is 0.289 e. The van der Waals surface area contributed by atoms with Gasteiger partial charge >= 0.3 is 0 Å². The topological polar surface area (TPSA) is 53.8 Å². The molecule has 1 aromatic heterocycles. The second-order valence-electron chi connectivity index (χ2n) is 6.32. The van der Waals surface area contributed by atoms with Crippen molar-refractivity contribution in [1.82, 2.24) is 9.80 Å². The van der Waals surface area contributed by atoms with E-state index in [4.69, 9.17) is 4.42 Å². The van der Waals surface area contributed by atoms with Gasteiger partial charge in [-0.15, -0.1) is 0 Å². The van der Waals surface area contributed by atoms with Crippen LogP contribution < -0.4 is 5.43 Å². The molecule has 0 radical (unpaired) electrons. The van der Waals surface area contributed by atoms with Gasteiger partial charge in [0, 0.05) is 44.9 Å². The number of rotatable bonds is 3. The van der Waals surface area contributed by atoms with Gasteiger partial charge < -0.3 is 9.32 Å². The third-order valence-electron chi connectivity index (χ3n) is 4.27. The number of amides is 1. The molecule has 6 heteroatoms. The molecule has 2 aromatic rings. The van der Waals surface area contributed by atoms with Crippen LogP contribution in [0.15, 0.2) is 45.6 Å². The zero-order valence-electron chi connectivity index (χ0n) is 14.2. The van der Waals surface area contributed by atoms with Crippen molar-refractivity contribution < 1.29 is 13.6 Å². The average molecular weight is 344 g/mol. The smallest absolute Gasteiger partial charge is 0.289 e. The minimum atomic E-state index is -0.256. The Balaban J connectivity index is 1.64. The van der Waals surface area contributed by atoms with E-state index in [2.05, 4.69) is 4.90 Å². The number of hydrogen-bond donors (Lipinski definition) is 0. The summed E-state index contributed by atoms with van der Waals surface area (Å²) in [5, 5.41) is 0. The fourth-order valence-corrected chi connectivity index (χ4v) is 3.09. The molecule has 1 amide bonds. The molecule has 5 nitrogen and oxygen atoms in total. The maximum absolute atomic E-state index is 13.3. The predicted octanol–water partition coefficient (Wildman–Crippen LogP) is 2.44. The minimum absolute atomic E-state index is 0.0866. The quantitative estimate of drug-likeness (QED) is 0.858. The molecule has 25 heavy (non-hydrogen) atoms. The summed E-state index contributed by atoms with van der Waals surface area (Å²) in [5.41, 5.74) is 0.694. The van der Waals surface area contributed by atoms with Crippen LogP contribution in [0.1, 0.15) is 28.3 Å². The first-order valence-electron chi connectivity index (χ1n) is 8.39.